The maximum atomic E-state index is 11.1. The first-order valence-electron chi connectivity index (χ1n) is 6.14. The van der Waals surface area contributed by atoms with E-state index in [-0.39, 0.29) is 5.97 Å². The minimum Gasteiger partial charge on any atom is -0.426 e. The molecule has 0 fully saturated rings. The van der Waals surface area contributed by atoms with Crippen LogP contribution in [-0.4, -0.2) is 11.0 Å². The number of aryl methyl sites for hydroxylation is 1. The van der Waals surface area contributed by atoms with Gasteiger partial charge in [-0.05, 0) is 49.4 Å². The van der Waals surface area contributed by atoms with Gasteiger partial charge in [0.05, 0.1) is 5.69 Å². The average molecular weight is 288 g/mol. The van der Waals surface area contributed by atoms with E-state index in [4.69, 9.17) is 16.3 Å². The number of carbonyl (C=O) groups is 1. The van der Waals surface area contributed by atoms with Crippen molar-refractivity contribution < 1.29 is 9.53 Å². The number of aromatic nitrogens is 1. The van der Waals surface area contributed by atoms with Crippen molar-refractivity contribution >= 4 is 29.7 Å². The number of benzene rings is 1. The number of nitrogens with zero attached hydrogens (tertiary/aromatic N) is 1. The lowest BCUT2D eigenvalue weighted by Gasteiger charge is -2.06. The van der Waals surface area contributed by atoms with Gasteiger partial charge < -0.3 is 4.74 Å². The van der Waals surface area contributed by atoms with Gasteiger partial charge in [-0.3, -0.25) is 9.78 Å². The van der Waals surface area contributed by atoms with Crippen LogP contribution in [0.3, 0.4) is 0 Å². The van der Waals surface area contributed by atoms with Crippen molar-refractivity contribution in [1.82, 2.24) is 4.98 Å². The fourth-order valence-corrected chi connectivity index (χ4v) is 1.91. The molecule has 1 aromatic heterocycles. The van der Waals surface area contributed by atoms with Gasteiger partial charge in [-0.25, -0.2) is 0 Å². The summed E-state index contributed by atoms with van der Waals surface area (Å²) < 4.78 is 5.14. The molecule has 0 spiro atoms. The van der Waals surface area contributed by atoms with Gasteiger partial charge in [-0.1, -0.05) is 17.7 Å². The third-order valence-corrected chi connectivity index (χ3v) is 2.80. The third-order valence-electron chi connectivity index (χ3n) is 2.57. The second-order valence-electron chi connectivity index (χ2n) is 4.31. The maximum Gasteiger partial charge on any atom is 0.308 e. The van der Waals surface area contributed by atoms with E-state index in [1.165, 1.54) is 6.92 Å². The minimum atomic E-state index is -0.365. The van der Waals surface area contributed by atoms with Crippen LogP contribution in [0.4, 0.5) is 0 Å². The van der Waals surface area contributed by atoms with Crippen LogP contribution in [0.1, 0.15) is 23.9 Å². The molecular formula is C16H14ClNO2. The van der Waals surface area contributed by atoms with E-state index >= 15 is 0 Å². The maximum absolute atomic E-state index is 11.1. The van der Waals surface area contributed by atoms with Crippen molar-refractivity contribution in [3.05, 3.63) is 58.4 Å². The van der Waals surface area contributed by atoms with Crippen molar-refractivity contribution in [3.8, 4) is 5.75 Å². The second-order valence-corrected chi connectivity index (χ2v) is 4.75. The van der Waals surface area contributed by atoms with E-state index in [2.05, 4.69) is 4.98 Å². The van der Waals surface area contributed by atoms with Gasteiger partial charge in [-0.15, -0.1) is 0 Å². The van der Waals surface area contributed by atoms with Crippen LogP contribution in [0.25, 0.3) is 12.2 Å². The molecule has 2 aromatic rings. The van der Waals surface area contributed by atoms with Crippen molar-refractivity contribution in [3.63, 3.8) is 0 Å². The standard InChI is InChI=1S/C16H14ClNO2/c1-11-4-3-5-15(18-11)8-6-13-10-14(17)7-9-16(13)20-12(2)19/h3-10H,1-2H3/b8-6+. The first-order chi connectivity index (χ1) is 9.54. The Hall–Kier alpha value is -2.13. The Kier molecular flexibility index (Phi) is 4.53. The third kappa shape index (κ3) is 3.93. The first kappa shape index (κ1) is 14.3. The zero-order valence-electron chi connectivity index (χ0n) is 11.3. The molecule has 0 aliphatic heterocycles. The van der Waals surface area contributed by atoms with E-state index in [0.717, 1.165) is 17.0 Å². The summed E-state index contributed by atoms with van der Waals surface area (Å²) in [5.74, 6) is 0.112. The summed E-state index contributed by atoms with van der Waals surface area (Å²) in [4.78, 5) is 15.5. The highest BCUT2D eigenvalue weighted by Gasteiger charge is 2.04. The number of rotatable bonds is 3. The zero-order chi connectivity index (χ0) is 14.5. The van der Waals surface area contributed by atoms with Crippen LogP contribution in [0.5, 0.6) is 5.75 Å². The van der Waals surface area contributed by atoms with Crippen molar-refractivity contribution in [2.75, 3.05) is 0 Å². The summed E-state index contributed by atoms with van der Waals surface area (Å²) in [5.41, 5.74) is 2.51. The molecule has 0 amide bonds. The van der Waals surface area contributed by atoms with E-state index in [1.54, 1.807) is 18.2 Å². The Labute approximate surface area is 122 Å². The predicted molar refractivity (Wildman–Crippen MR) is 80.7 cm³/mol. The quantitative estimate of drug-likeness (QED) is 0.629. The minimum absolute atomic E-state index is 0.365. The Balaban J connectivity index is 2.32. The van der Waals surface area contributed by atoms with Gasteiger partial charge in [0, 0.05) is 23.2 Å². The second kappa shape index (κ2) is 6.35. The smallest absolute Gasteiger partial charge is 0.308 e. The fraction of sp³-hybridized carbons (Fsp3) is 0.125. The molecule has 3 nitrogen and oxygen atoms in total. The molecule has 0 aliphatic carbocycles. The van der Waals surface area contributed by atoms with Gasteiger partial charge in [0.15, 0.2) is 0 Å². The molecule has 1 heterocycles. The number of pyridine rings is 1. The summed E-state index contributed by atoms with van der Waals surface area (Å²) in [7, 11) is 0. The highest BCUT2D eigenvalue weighted by atomic mass is 35.5. The lowest BCUT2D eigenvalue weighted by molar-refractivity contribution is -0.131. The SMILES string of the molecule is CC(=O)Oc1ccc(Cl)cc1/C=C/c1cccc(C)n1. The lowest BCUT2D eigenvalue weighted by Crippen LogP contribution is -2.02. The molecule has 0 atom stereocenters. The molecule has 0 saturated carbocycles. The summed E-state index contributed by atoms with van der Waals surface area (Å²) in [6.07, 6.45) is 3.68. The molecular weight excluding hydrogens is 274 g/mol. The monoisotopic (exact) mass is 287 g/mol. The van der Waals surface area contributed by atoms with Crippen molar-refractivity contribution in [1.29, 1.82) is 0 Å². The topological polar surface area (TPSA) is 39.2 Å². The molecule has 0 saturated heterocycles. The van der Waals surface area contributed by atoms with Gasteiger partial charge in [0.25, 0.3) is 0 Å². The number of carbonyl (C=O) groups excluding carboxylic acids is 1. The predicted octanol–water partition coefficient (Wildman–Crippen LogP) is 4.14. The average Bonchev–Trinajstić information content (AvgIpc) is 2.39. The number of ether oxygens (including phenoxy) is 1. The Morgan fingerprint density at radius 2 is 2.05 bits per heavy atom. The van der Waals surface area contributed by atoms with Crippen molar-refractivity contribution in [2.45, 2.75) is 13.8 Å². The molecule has 4 heteroatoms. The first-order valence-corrected chi connectivity index (χ1v) is 6.52. The number of halogens is 1. The summed E-state index contributed by atoms with van der Waals surface area (Å²) in [6.45, 7) is 3.30. The Morgan fingerprint density at radius 3 is 2.75 bits per heavy atom. The normalized spacial score (nSPS) is 10.8. The van der Waals surface area contributed by atoms with Gasteiger partial charge in [0.1, 0.15) is 5.75 Å². The van der Waals surface area contributed by atoms with E-state index < -0.39 is 0 Å². The summed E-state index contributed by atoms with van der Waals surface area (Å²) >= 11 is 5.97. The van der Waals surface area contributed by atoms with E-state index in [1.807, 2.05) is 37.3 Å². The molecule has 2 rings (SSSR count). The Morgan fingerprint density at radius 1 is 1.25 bits per heavy atom. The largest absolute Gasteiger partial charge is 0.426 e. The Bertz CT molecular complexity index is 665. The van der Waals surface area contributed by atoms with Crippen LogP contribution in [0.15, 0.2) is 36.4 Å². The molecule has 0 N–H and O–H groups in total. The highest BCUT2D eigenvalue weighted by Crippen LogP contribution is 2.25. The zero-order valence-corrected chi connectivity index (χ0v) is 12.0. The van der Waals surface area contributed by atoms with Crippen LogP contribution >= 0.6 is 11.6 Å². The lowest BCUT2D eigenvalue weighted by atomic mass is 10.1. The van der Waals surface area contributed by atoms with Crippen LogP contribution < -0.4 is 4.74 Å². The van der Waals surface area contributed by atoms with Gasteiger partial charge in [0.2, 0.25) is 0 Å². The number of esters is 1. The van der Waals surface area contributed by atoms with E-state index in [0.29, 0.717) is 10.8 Å². The fourth-order valence-electron chi connectivity index (χ4n) is 1.73. The summed E-state index contributed by atoms with van der Waals surface area (Å²) in [6, 6.07) is 10.9. The van der Waals surface area contributed by atoms with Crippen LogP contribution in [-0.2, 0) is 4.79 Å². The van der Waals surface area contributed by atoms with Crippen LogP contribution in [0, 0.1) is 6.92 Å². The van der Waals surface area contributed by atoms with E-state index in [9.17, 15) is 4.79 Å². The molecule has 0 unspecified atom stereocenters. The number of hydrogen-bond donors (Lipinski definition) is 0. The molecule has 1 aromatic carbocycles. The molecule has 0 radical (unpaired) electrons. The molecule has 102 valence electrons. The summed E-state index contributed by atoms with van der Waals surface area (Å²) in [5, 5.41) is 0.581. The highest BCUT2D eigenvalue weighted by molar-refractivity contribution is 6.30. The van der Waals surface area contributed by atoms with Crippen LogP contribution in [0.2, 0.25) is 5.02 Å². The van der Waals surface area contributed by atoms with Gasteiger partial charge >= 0.3 is 5.97 Å². The van der Waals surface area contributed by atoms with Gasteiger partial charge in [-0.2, -0.15) is 0 Å². The number of hydrogen-bond acceptors (Lipinski definition) is 3. The molecule has 0 bridgehead atoms. The molecule has 20 heavy (non-hydrogen) atoms. The molecule has 0 aliphatic rings. The van der Waals surface area contributed by atoms with Crippen molar-refractivity contribution in [2.24, 2.45) is 0 Å².